The number of nitrogens with zero attached hydrogens (tertiary/aromatic N) is 3. The Labute approximate surface area is 128 Å². The third-order valence-corrected chi connectivity index (χ3v) is 5.61. The van der Waals surface area contributed by atoms with E-state index in [1.807, 2.05) is 0 Å². The van der Waals surface area contributed by atoms with Crippen molar-refractivity contribution >= 4 is 5.71 Å². The van der Waals surface area contributed by atoms with Gasteiger partial charge in [0.25, 0.3) is 0 Å². The van der Waals surface area contributed by atoms with Gasteiger partial charge in [-0.3, -0.25) is 4.90 Å². The summed E-state index contributed by atoms with van der Waals surface area (Å²) in [5, 5.41) is 12.0. The third-order valence-electron chi connectivity index (χ3n) is 5.61. The van der Waals surface area contributed by atoms with E-state index in [1.54, 1.807) is 0 Å². The minimum absolute atomic E-state index is 0.468. The molecule has 0 saturated carbocycles. The molecule has 21 heavy (non-hydrogen) atoms. The van der Waals surface area contributed by atoms with Crippen molar-refractivity contribution in [2.75, 3.05) is 39.3 Å². The molecular weight excluding hydrogens is 264 g/mol. The molecule has 5 nitrogen and oxygen atoms in total. The maximum atomic E-state index is 8.64. The fraction of sp³-hybridized carbons (Fsp3) is 0.938. The van der Waals surface area contributed by atoms with Gasteiger partial charge in [0.2, 0.25) is 0 Å². The van der Waals surface area contributed by atoms with Gasteiger partial charge in [0, 0.05) is 19.1 Å². The van der Waals surface area contributed by atoms with E-state index in [2.05, 4.69) is 15.0 Å². The van der Waals surface area contributed by atoms with Crippen LogP contribution in [-0.4, -0.2) is 66.0 Å². The van der Waals surface area contributed by atoms with Crippen LogP contribution in [-0.2, 0) is 0 Å². The average Bonchev–Trinajstić information content (AvgIpc) is 2.96. The predicted octanol–water partition coefficient (Wildman–Crippen LogP) is 1.36. The molecule has 0 radical (unpaired) electrons. The highest BCUT2D eigenvalue weighted by Gasteiger charge is 2.27. The van der Waals surface area contributed by atoms with Crippen LogP contribution in [0.15, 0.2) is 5.16 Å². The van der Waals surface area contributed by atoms with Gasteiger partial charge in [-0.05, 0) is 76.5 Å². The van der Waals surface area contributed by atoms with E-state index in [4.69, 9.17) is 10.9 Å². The topological polar surface area (TPSA) is 65.1 Å². The molecule has 1 atom stereocenters. The average molecular weight is 294 g/mol. The van der Waals surface area contributed by atoms with Crippen molar-refractivity contribution in [1.29, 1.82) is 0 Å². The van der Waals surface area contributed by atoms with Crippen LogP contribution in [0.25, 0.3) is 0 Å². The molecule has 6 fully saturated rings. The fourth-order valence-corrected chi connectivity index (χ4v) is 4.32. The number of rotatable bonds is 0. The minimum atomic E-state index is 0.468. The Kier molecular flexibility index (Phi) is 5.14. The number of piperidine rings is 2. The molecule has 0 aromatic heterocycles. The third kappa shape index (κ3) is 4.18. The van der Waals surface area contributed by atoms with Gasteiger partial charge in [-0.2, -0.15) is 0 Å². The first-order valence-corrected chi connectivity index (χ1v) is 8.63. The normalized spacial score (nSPS) is 43.9. The molecule has 0 aromatic rings. The first-order valence-electron chi connectivity index (χ1n) is 8.63. The highest BCUT2D eigenvalue weighted by atomic mass is 16.4. The van der Waals surface area contributed by atoms with Gasteiger partial charge in [-0.15, -0.1) is 0 Å². The van der Waals surface area contributed by atoms with Crippen molar-refractivity contribution in [3.8, 4) is 0 Å². The van der Waals surface area contributed by atoms with Gasteiger partial charge < -0.3 is 15.8 Å². The standard InChI is InChI=1S/C8H14N2O.C8H16N2/c11-9-8-5-7-1-3-10(6-8)4-2-7;9-8-5-7-1-3-10(6-8)4-2-7/h7,11H,1-6H2;7-8H,1-6,9H2/b9-8+;. The largest absolute Gasteiger partial charge is 0.411 e. The van der Waals surface area contributed by atoms with Gasteiger partial charge >= 0.3 is 0 Å². The second-order valence-corrected chi connectivity index (χ2v) is 7.33. The predicted molar refractivity (Wildman–Crippen MR) is 84.8 cm³/mol. The maximum Gasteiger partial charge on any atom is 0.0713 e. The van der Waals surface area contributed by atoms with Gasteiger partial charge in [0.15, 0.2) is 0 Å². The number of oxime groups is 1. The molecular formula is C16H30N4O. The number of nitrogens with two attached hydrogens (primary N) is 1. The molecule has 0 aromatic carbocycles. The summed E-state index contributed by atoms with van der Waals surface area (Å²) in [6, 6.07) is 0.468. The molecule has 6 aliphatic heterocycles. The van der Waals surface area contributed by atoms with Crippen LogP contribution in [0.2, 0.25) is 0 Å². The molecule has 0 spiro atoms. The van der Waals surface area contributed by atoms with Crippen molar-refractivity contribution < 1.29 is 5.21 Å². The van der Waals surface area contributed by atoms with E-state index in [-0.39, 0.29) is 0 Å². The summed E-state index contributed by atoms with van der Waals surface area (Å²) in [6.45, 7) is 7.05. The summed E-state index contributed by atoms with van der Waals surface area (Å²) in [7, 11) is 0. The highest BCUT2D eigenvalue weighted by molar-refractivity contribution is 5.86. The van der Waals surface area contributed by atoms with Crippen molar-refractivity contribution in [2.24, 2.45) is 22.7 Å². The molecule has 1 unspecified atom stereocenters. The van der Waals surface area contributed by atoms with Crippen molar-refractivity contribution in [3.05, 3.63) is 0 Å². The molecule has 6 aliphatic rings. The molecule has 0 amide bonds. The van der Waals surface area contributed by atoms with Gasteiger partial charge in [0.05, 0.1) is 5.71 Å². The van der Waals surface area contributed by atoms with Crippen molar-refractivity contribution in [3.63, 3.8) is 0 Å². The Balaban J connectivity index is 0.000000126. The van der Waals surface area contributed by atoms with E-state index in [9.17, 15) is 0 Å². The molecule has 0 aliphatic carbocycles. The summed E-state index contributed by atoms with van der Waals surface area (Å²) in [4.78, 5) is 4.88. The Bertz CT molecular complexity index is 327. The Morgan fingerprint density at radius 3 is 2.24 bits per heavy atom. The zero-order valence-electron chi connectivity index (χ0n) is 13.1. The Morgan fingerprint density at radius 1 is 0.952 bits per heavy atom. The summed E-state index contributed by atoms with van der Waals surface area (Å²) in [6.07, 6.45) is 7.67. The lowest BCUT2D eigenvalue weighted by Gasteiger charge is -2.25. The van der Waals surface area contributed by atoms with Crippen molar-refractivity contribution in [2.45, 2.75) is 44.6 Å². The van der Waals surface area contributed by atoms with Gasteiger partial charge in [-0.25, -0.2) is 0 Å². The fourth-order valence-electron chi connectivity index (χ4n) is 4.32. The van der Waals surface area contributed by atoms with E-state index in [0.29, 0.717) is 6.04 Å². The zero-order valence-corrected chi connectivity index (χ0v) is 13.1. The van der Waals surface area contributed by atoms with Crippen LogP contribution < -0.4 is 5.73 Å². The molecule has 6 heterocycles. The van der Waals surface area contributed by atoms with Crippen LogP contribution in [0.3, 0.4) is 0 Å². The second-order valence-electron chi connectivity index (χ2n) is 7.33. The second kappa shape index (κ2) is 7.07. The van der Waals surface area contributed by atoms with E-state index in [0.717, 1.165) is 37.1 Å². The molecule has 3 N–H and O–H groups in total. The number of fused-ring (bicyclic) bond motifs is 8. The molecule has 6 saturated heterocycles. The van der Waals surface area contributed by atoms with Gasteiger partial charge in [0.1, 0.15) is 0 Å². The van der Waals surface area contributed by atoms with Crippen LogP contribution in [0.4, 0.5) is 0 Å². The van der Waals surface area contributed by atoms with Crippen LogP contribution in [0.5, 0.6) is 0 Å². The molecule has 6 rings (SSSR count). The maximum absolute atomic E-state index is 8.64. The monoisotopic (exact) mass is 294 g/mol. The van der Waals surface area contributed by atoms with Gasteiger partial charge in [-0.1, -0.05) is 5.16 Å². The van der Waals surface area contributed by atoms with E-state index in [1.165, 1.54) is 58.3 Å². The highest BCUT2D eigenvalue weighted by Crippen LogP contribution is 2.26. The lowest BCUT2D eigenvalue weighted by atomic mass is 9.94. The Morgan fingerprint density at radius 2 is 1.57 bits per heavy atom. The molecule has 5 heteroatoms. The van der Waals surface area contributed by atoms with Crippen LogP contribution >= 0.6 is 0 Å². The van der Waals surface area contributed by atoms with E-state index < -0.39 is 0 Å². The zero-order chi connectivity index (χ0) is 14.7. The smallest absolute Gasteiger partial charge is 0.0713 e. The summed E-state index contributed by atoms with van der Waals surface area (Å²) < 4.78 is 0. The Hall–Kier alpha value is -0.650. The first-order chi connectivity index (χ1) is 10.2. The summed E-state index contributed by atoms with van der Waals surface area (Å²) >= 11 is 0. The van der Waals surface area contributed by atoms with Crippen molar-refractivity contribution in [1.82, 2.24) is 9.80 Å². The lowest BCUT2D eigenvalue weighted by molar-refractivity contribution is 0.223. The summed E-state index contributed by atoms with van der Waals surface area (Å²) in [5.74, 6) is 1.74. The quantitative estimate of drug-likeness (QED) is 0.523. The SMILES string of the molecule is NC1CC2CCN(CC2)C1.O/N=C1\CC2CCN(CC2)C1. The summed E-state index contributed by atoms with van der Waals surface area (Å²) in [5.41, 5.74) is 6.89. The molecule has 120 valence electrons. The first kappa shape index (κ1) is 15.3. The molecule has 4 bridgehead atoms. The van der Waals surface area contributed by atoms with E-state index >= 15 is 0 Å². The number of hydrogen-bond donors (Lipinski definition) is 2. The minimum Gasteiger partial charge on any atom is -0.411 e. The lowest BCUT2D eigenvalue weighted by Crippen LogP contribution is -2.35. The van der Waals surface area contributed by atoms with Crippen LogP contribution in [0.1, 0.15) is 38.5 Å². The van der Waals surface area contributed by atoms with Crippen LogP contribution in [0, 0.1) is 11.8 Å². The number of hydrogen-bond acceptors (Lipinski definition) is 5.